The van der Waals surface area contributed by atoms with Crippen LogP contribution in [0, 0.1) is 5.92 Å². The van der Waals surface area contributed by atoms with E-state index in [0.717, 1.165) is 42.0 Å². The van der Waals surface area contributed by atoms with E-state index in [2.05, 4.69) is 32.3 Å². The molecule has 4 rings (SSSR count). The standard InChI is InChI=1S/C20H23N5O2/c1-14-8-11-25(12-9-14)20-21-10-7-18(23-20)22-19-13-17(24-27-19)15-3-5-16(26-2)6-4-15/h3-7,10,13-14H,8-9,11-12H2,1-2H3,(H,21,22,23). The van der Waals surface area contributed by atoms with E-state index in [1.165, 1.54) is 12.8 Å². The molecule has 140 valence electrons. The number of hydrogen-bond donors (Lipinski definition) is 1. The van der Waals surface area contributed by atoms with Crippen LogP contribution in [0.3, 0.4) is 0 Å². The van der Waals surface area contributed by atoms with E-state index in [1.54, 1.807) is 13.3 Å². The van der Waals surface area contributed by atoms with E-state index in [9.17, 15) is 0 Å². The molecule has 0 unspecified atom stereocenters. The number of benzene rings is 1. The van der Waals surface area contributed by atoms with Gasteiger partial charge >= 0.3 is 0 Å². The Labute approximate surface area is 158 Å². The van der Waals surface area contributed by atoms with Gasteiger partial charge in [-0.25, -0.2) is 4.98 Å². The Morgan fingerprint density at radius 2 is 1.93 bits per heavy atom. The molecule has 1 aliphatic heterocycles. The lowest BCUT2D eigenvalue weighted by Gasteiger charge is -2.30. The summed E-state index contributed by atoms with van der Waals surface area (Å²) in [5, 5.41) is 7.30. The Morgan fingerprint density at radius 3 is 2.67 bits per heavy atom. The zero-order chi connectivity index (χ0) is 18.6. The van der Waals surface area contributed by atoms with Gasteiger partial charge in [0.25, 0.3) is 0 Å². The van der Waals surface area contributed by atoms with Gasteiger partial charge in [0.1, 0.15) is 17.3 Å². The van der Waals surface area contributed by atoms with Crippen molar-refractivity contribution >= 4 is 17.7 Å². The van der Waals surface area contributed by atoms with Gasteiger partial charge in [-0.1, -0.05) is 12.1 Å². The molecule has 1 aliphatic rings. The van der Waals surface area contributed by atoms with Gasteiger partial charge in [0, 0.05) is 30.9 Å². The van der Waals surface area contributed by atoms with Gasteiger partial charge < -0.3 is 19.5 Å². The van der Waals surface area contributed by atoms with Crippen LogP contribution in [-0.2, 0) is 0 Å². The lowest BCUT2D eigenvalue weighted by Crippen LogP contribution is -2.34. The first-order valence-corrected chi connectivity index (χ1v) is 9.17. The van der Waals surface area contributed by atoms with Crippen molar-refractivity contribution in [1.29, 1.82) is 0 Å². The minimum Gasteiger partial charge on any atom is -0.497 e. The number of aromatic nitrogens is 3. The molecule has 3 aromatic rings. The lowest BCUT2D eigenvalue weighted by molar-refractivity contribution is 0.415. The van der Waals surface area contributed by atoms with Crippen molar-refractivity contribution in [3.05, 3.63) is 42.6 Å². The highest BCUT2D eigenvalue weighted by Gasteiger charge is 2.18. The van der Waals surface area contributed by atoms with Crippen molar-refractivity contribution in [2.45, 2.75) is 19.8 Å². The van der Waals surface area contributed by atoms with Crippen molar-refractivity contribution in [2.75, 3.05) is 30.4 Å². The van der Waals surface area contributed by atoms with Crippen LogP contribution in [0.15, 0.2) is 47.1 Å². The molecule has 0 aliphatic carbocycles. The van der Waals surface area contributed by atoms with Gasteiger partial charge in [0.05, 0.1) is 7.11 Å². The van der Waals surface area contributed by atoms with E-state index >= 15 is 0 Å². The highest BCUT2D eigenvalue weighted by Crippen LogP contribution is 2.26. The third-order valence-electron chi connectivity index (χ3n) is 4.86. The molecule has 7 heteroatoms. The summed E-state index contributed by atoms with van der Waals surface area (Å²) in [5.74, 6) is 3.56. The Kier molecular flexibility index (Phi) is 4.91. The summed E-state index contributed by atoms with van der Waals surface area (Å²) in [4.78, 5) is 11.3. The van der Waals surface area contributed by atoms with Gasteiger partial charge in [-0.15, -0.1) is 0 Å². The van der Waals surface area contributed by atoms with Gasteiger partial charge in [-0.2, -0.15) is 4.98 Å². The fourth-order valence-corrected chi connectivity index (χ4v) is 3.14. The first kappa shape index (κ1) is 17.3. The molecule has 1 saturated heterocycles. The van der Waals surface area contributed by atoms with Crippen LogP contribution in [0.2, 0.25) is 0 Å². The molecule has 27 heavy (non-hydrogen) atoms. The second kappa shape index (κ2) is 7.65. The Balaban J connectivity index is 1.46. The van der Waals surface area contributed by atoms with Crippen molar-refractivity contribution in [3.63, 3.8) is 0 Å². The van der Waals surface area contributed by atoms with E-state index in [1.807, 2.05) is 36.4 Å². The topological polar surface area (TPSA) is 76.3 Å². The largest absolute Gasteiger partial charge is 0.497 e. The second-order valence-corrected chi connectivity index (χ2v) is 6.84. The van der Waals surface area contributed by atoms with Gasteiger partial charge in [-0.3, -0.25) is 0 Å². The first-order chi connectivity index (χ1) is 13.2. The summed E-state index contributed by atoms with van der Waals surface area (Å²) < 4.78 is 10.6. The molecule has 1 aromatic carbocycles. The predicted octanol–water partition coefficient (Wildman–Crippen LogP) is 4.12. The van der Waals surface area contributed by atoms with Crippen LogP contribution >= 0.6 is 0 Å². The van der Waals surface area contributed by atoms with E-state index in [-0.39, 0.29) is 0 Å². The first-order valence-electron chi connectivity index (χ1n) is 9.17. The van der Waals surface area contributed by atoms with Gasteiger partial charge in [0.15, 0.2) is 0 Å². The maximum Gasteiger partial charge on any atom is 0.230 e. The maximum atomic E-state index is 5.41. The number of methoxy groups -OCH3 is 1. The minimum atomic E-state index is 0.540. The monoisotopic (exact) mass is 365 g/mol. The Bertz CT molecular complexity index is 885. The SMILES string of the molecule is COc1ccc(-c2cc(Nc3ccnc(N4CCC(C)CC4)n3)on2)cc1. The van der Waals surface area contributed by atoms with Gasteiger partial charge in [-0.05, 0) is 49.1 Å². The fourth-order valence-electron chi connectivity index (χ4n) is 3.14. The van der Waals surface area contributed by atoms with E-state index in [0.29, 0.717) is 11.7 Å². The van der Waals surface area contributed by atoms with Crippen molar-refractivity contribution in [2.24, 2.45) is 5.92 Å². The highest BCUT2D eigenvalue weighted by molar-refractivity contribution is 5.64. The molecule has 0 amide bonds. The predicted molar refractivity (Wildman–Crippen MR) is 104 cm³/mol. The van der Waals surface area contributed by atoms with Crippen molar-refractivity contribution in [3.8, 4) is 17.0 Å². The summed E-state index contributed by atoms with van der Waals surface area (Å²) >= 11 is 0. The van der Waals surface area contributed by atoms with Crippen LogP contribution < -0.4 is 15.0 Å². The smallest absolute Gasteiger partial charge is 0.230 e. The third kappa shape index (κ3) is 4.02. The highest BCUT2D eigenvalue weighted by atomic mass is 16.5. The third-order valence-corrected chi connectivity index (χ3v) is 4.86. The van der Waals surface area contributed by atoms with Crippen molar-refractivity contribution < 1.29 is 9.26 Å². The number of nitrogens with zero attached hydrogens (tertiary/aromatic N) is 4. The molecule has 7 nitrogen and oxygen atoms in total. The number of rotatable bonds is 5. The molecule has 0 radical (unpaired) electrons. The summed E-state index contributed by atoms with van der Waals surface area (Å²) in [6.07, 6.45) is 4.12. The zero-order valence-corrected chi connectivity index (χ0v) is 15.6. The zero-order valence-electron chi connectivity index (χ0n) is 15.6. The van der Waals surface area contributed by atoms with E-state index in [4.69, 9.17) is 9.26 Å². The summed E-state index contributed by atoms with van der Waals surface area (Å²) in [6.45, 7) is 4.28. The summed E-state index contributed by atoms with van der Waals surface area (Å²) in [7, 11) is 1.65. The van der Waals surface area contributed by atoms with Crippen LogP contribution in [0.1, 0.15) is 19.8 Å². The fraction of sp³-hybridized carbons (Fsp3) is 0.350. The average Bonchev–Trinajstić information content (AvgIpc) is 3.17. The molecule has 3 heterocycles. The number of piperidine rings is 1. The quantitative estimate of drug-likeness (QED) is 0.729. The molecule has 0 saturated carbocycles. The molecule has 2 aromatic heterocycles. The Hall–Kier alpha value is -3.09. The maximum absolute atomic E-state index is 5.41. The number of nitrogens with one attached hydrogen (secondary N) is 1. The van der Waals surface area contributed by atoms with Crippen LogP contribution in [-0.4, -0.2) is 35.3 Å². The lowest BCUT2D eigenvalue weighted by atomic mass is 10.00. The molecule has 0 atom stereocenters. The number of ether oxygens (including phenoxy) is 1. The average molecular weight is 365 g/mol. The van der Waals surface area contributed by atoms with Crippen LogP contribution in [0.5, 0.6) is 5.75 Å². The summed E-state index contributed by atoms with van der Waals surface area (Å²) in [5.41, 5.74) is 1.71. The number of hydrogen-bond acceptors (Lipinski definition) is 7. The normalized spacial score (nSPS) is 15.0. The van der Waals surface area contributed by atoms with Crippen LogP contribution in [0.25, 0.3) is 11.3 Å². The van der Waals surface area contributed by atoms with Crippen LogP contribution in [0.4, 0.5) is 17.7 Å². The minimum absolute atomic E-state index is 0.540. The molecule has 1 N–H and O–H groups in total. The number of anilines is 3. The van der Waals surface area contributed by atoms with E-state index < -0.39 is 0 Å². The summed E-state index contributed by atoms with van der Waals surface area (Å²) in [6, 6.07) is 11.4. The molecule has 0 spiro atoms. The second-order valence-electron chi connectivity index (χ2n) is 6.84. The molecule has 1 fully saturated rings. The molecular weight excluding hydrogens is 342 g/mol. The molecular formula is C20H23N5O2. The molecule has 0 bridgehead atoms. The Morgan fingerprint density at radius 1 is 1.15 bits per heavy atom. The van der Waals surface area contributed by atoms with Gasteiger partial charge in [0.2, 0.25) is 11.8 Å². The van der Waals surface area contributed by atoms with Crippen molar-refractivity contribution in [1.82, 2.24) is 15.1 Å².